The van der Waals surface area contributed by atoms with Crippen LogP contribution >= 0.6 is 23.2 Å². The molecule has 3 aromatic rings. The Labute approximate surface area is 172 Å². The molecule has 0 atom stereocenters. The Morgan fingerprint density at radius 3 is 2.38 bits per heavy atom. The molecule has 0 fully saturated rings. The number of carbonyl (C=O) groups is 2. The van der Waals surface area contributed by atoms with Crippen molar-refractivity contribution in [1.82, 2.24) is 14.4 Å². The molecule has 0 aliphatic rings. The van der Waals surface area contributed by atoms with E-state index in [9.17, 15) is 27.9 Å². The number of aromatic nitrogens is 2. The number of benzene rings is 2. The molecule has 1 heterocycles. The molecule has 0 unspecified atom stereocenters. The second kappa shape index (κ2) is 7.44. The molecular formula is C16H10Cl2N4O6S. The minimum absolute atomic E-state index is 0.0338. The number of carbonyl (C=O) groups excluding carboxylic acids is 1. The normalized spacial score (nSPS) is 11.4. The topological polar surface area (TPSA) is 161 Å². The molecule has 0 aliphatic carbocycles. The molecule has 150 valence electrons. The number of halogens is 2. The van der Waals surface area contributed by atoms with Crippen molar-refractivity contribution in [2.45, 2.75) is 4.90 Å². The van der Waals surface area contributed by atoms with Crippen LogP contribution in [0.3, 0.4) is 0 Å². The van der Waals surface area contributed by atoms with Crippen molar-refractivity contribution in [3.05, 3.63) is 68.1 Å². The van der Waals surface area contributed by atoms with Gasteiger partial charge in [-0.3, -0.25) is 15.0 Å². The van der Waals surface area contributed by atoms with Gasteiger partial charge in [0.25, 0.3) is 21.5 Å². The summed E-state index contributed by atoms with van der Waals surface area (Å²) in [5, 5.41) is 9.15. The van der Waals surface area contributed by atoms with Crippen molar-refractivity contribution in [3.8, 4) is 0 Å². The summed E-state index contributed by atoms with van der Waals surface area (Å²) in [5.74, 6) is 2.41. The number of carboxylic acids is 1. The molecule has 2 aromatic carbocycles. The van der Waals surface area contributed by atoms with Crippen LogP contribution in [0.2, 0.25) is 10.0 Å². The molecule has 29 heavy (non-hydrogen) atoms. The lowest BCUT2D eigenvalue weighted by molar-refractivity contribution is 0.0688. The van der Waals surface area contributed by atoms with Gasteiger partial charge in [0.1, 0.15) is 4.90 Å². The van der Waals surface area contributed by atoms with Crippen LogP contribution in [0.1, 0.15) is 20.8 Å². The smallest absolute Gasteiger partial charge is 0.360 e. The fourth-order valence-electron chi connectivity index (χ4n) is 2.59. The first kappa shape index (κ1) is 20.7. The maximum Gasteiger partial charge on any atom is 0.360 e. The number of nitrogens with one attached hydrogen (secondary N) is 1. The lowest BCUT2D eigenvalue weighted by Crippen LogP contribution is -2.35. The van der Waals surface area contributed by atoms with E-state index >= 15 is 0 Å². The number of carboxylic acid groups (broad SMARTS) is 1. The monoisotopic (exact) mass is 456 g/mol. The Balaban J connectivity index is 2.51. The highest BCUT2D eigenvalue weighted by Crippen LogP contribution is 2.28. The summed E-state index contributed by atoms with van der Waals surface area (Å²) in [6.45, 7) is 0. The van der Waals surface area contributed by atoms with Crippen LogP contribution in [0.15, 0.2) is 46.1 Å². The SMILES string of the molecule is NNC(=O)c1ccccc1S(=O)(=O)n1c(=O)c(C(=O)O)nc2cc(Cl)c(Cl)cc21. The molecule has 0 saturated heterocycles. The van der Waals surface area contributed by atoms with E-state index in [1.54, 1.807) is 0 Å². The van der Waals surface area contributed by atoms with Gasteiger partial charge >= 0.3 is 5.97 Å². The van der Waals surface area contributed by atoms with E-state index in [0.29, 0.717) is 0 Å². The van der Waals surface area contributed by atoms with Gasteiger partial charge in [0.2, 0.25) is 5.69 Å². The quantitative estimate of drug-likeness (QED) is 0.300. The number of hydrogen-bond acceptors (Lipinski definition) is 7. The van der Waals surface area contributed by atoms with E-state index in [-0.39, 0.29) is 30.6 Å². The third-order valence-electron chi connectivity index (χ3n) is 3.84. The van der Waals surface area contributed by atoms with E-state index in [1.807, 2.05) is 5.43 Å². The summed E-state index contributed by atoms with van der Waals surface area (Å²) in [6.07, 6.45) is 0. The van der Waals surface area contributed by atoms with E-state index < -0.39 is 38.0 Å². The van der Waals surface area contributed by atoms with E-state index in [0.717, 1.165) is 18.2 Å². The number of hydrazine groups is 1. The zero-order chi connectivity index (χ0) is 21.5. The molecule has 3 rings (SSSR count). The predicted molar refractivity (Wildman–Crippen MR) is 104 cm³/mol. The van der Waals surface area contributed by atoms with Crippen LogP contribution in [0.25, 0.3) is 11.0 Å². The molecule has 1 amide bonds. The summed E-state index contributed by atoms with van der Waals surface area (Å²) in [7, 11) is -4.78. The first-order valence-electron chi connectivity index (χ1n) is 7.60. The van der Waals surface area contributed by atoms with Crippen molar-refractivity contribution < 1.29 is 23.1 Å². The summed E-state index contributed by atoms with van der Waals surface area (Å²) in [6, 6.07) is 7.12. The van der Waals surface area contributed by atoms with Crippen LogP contribution in [-0.2, 0) is 10.0 Å². The molecule has 13 heteroatoms. The number of nitrogen functional groups attached to an aromatic ring is 1. The Morgan fingerprint density at radius 1 is 1.14 bits per heavy atom. The van der Waals surface area contributed by atoms with Crippen LogP contribution in [0.4, 0.5) is 0 Å². The molecule has 4 N–H and O–H groups in total. The van der Waals surface area contributed by atoms with Gasteiger partial charge in [-0.1, -0.05) is 35.3 Å². The minimum Gasteiger partial charge on any atom is -0.476 e. The molecule has 0 saturated carbocycles. The molecule has 0 bridgehead atoms. The zero-order valence-corrected chi connectivity index (χ0v) is 16.4. The fraction of sp³-hybridized carbons (Fsp3) is 0. The van der Waals surface area contributed by atoms with Crippen LogP contribution in [0, 0.1) is 0 Å². The molecular weight excluding hydrogens is 447 g/mol. The second-order valence-corrected chi connectivity index (χ2v) is 8.13. The van der Waals surface area contributed by atoms with Crippen molar-refractivity contribution in [1.29, 1.82) is 0 Å². The minimum atomic E-state index is -4.78. The van der Waals surface area contributed by atoms with Gasteiger partial charge in [-0.25, -0.2) is 24.0 Å². The Bertz CT molecular complexity index is 1350. The maximum absolute atomic E-state index is 13.3. The molecule has 0 spiro atoms. The molecule has 1 aromatic heterocycles. The maximum atomic E-state index is 13.3. The number of aromatic carboxylic acids is 1. The first-order chi connectivity index (χ1) is 13.6. The van der Waals surface area contributed by atoms with Crippen molar-refractivity contribution in [3.63, 3.8) is 0 Å². The largest absolute Gasteiger partial charge is 0.476 e. The van der Waals surface area contributed by atoms with Crippen LogP contribution in [-0.4, -0.2) is 34.4 Å². The summed E-state index contributed by atoms with van der Waals surface area (Å²) in [4.78, 5) is 39.3. The highest BCUT2D eigenvalue weighted by atomic mass is 35.5. The van der Waals surface area contributed by atoms with Gasteiger partial charge in [0, 0.05) is 0 Å². The molecule has 10 nitrogen and oxygen atoms in total. The van der Waals surface area contributed by atoms with Gasteiger partial charge < -0.3 is 5.11 Å². The van der Waals surface area contributed by atoms with Gasteiger partial charge in [0.05, 0.1) is 26.6 Å². The number of hydrogen-bond donors (Lipinski definition) is 3. The van der Waals surface area contributed by atoms with Crippen LogP contribution in [0.5, 0.6) is 0 Å². The van der Waals surface area contributed by atoms with Crippen molar-refractivity contribution in [2.24, 2.45) is 5.84 Å². The number of fused-ring (bicyclic) bond motifs is 1. The molecule has 0 radical (unpaired) electrons. The number of nitrogens with two attached hydrogens (primary N) is 1. The highest BCUT2D eigenvalue weighted by molar-refractivity contribution is 7.90. The van der Waals surface area contributed by atoms with Gasteiger partial charge in [-0.15, -0.1) is 0 Å². The number of amides is 1. The van der Waals surface area contributed by atoms with Crippen molar-refractivity contribution >= 4 is 56.1 Å². The number of rotatable bonds is 4. The zero-order valence-electron chi connectivity index (χ0n) is 14.1. The number of nitrogens with zero attached hydrogens (tertiary/aromatic N) is 2. The standard InChI is InChI=1S/C16H10Cl2N4O6S/c17-8-5-10-11(6-9(8)18)22(15(24)13(20-10)16(25)26)29(27,28)12-4-2-1-3-7(12)14(23)21-19/h1-6H,19H2,(H,21,23)(H,25,26). The van der Waals surface area contributed by atoms with E-state index in [4.69, 9.17) is 29.0 Å². The predicted octanol–water partition coefficient (Wildman–Crippen LogP) is 1.24. The van der Waals surface area contributed by atoms with Gasteiger partial charge in [0.15, 0.2) is 0 Å². The third kappa shape index (κ3) is 3.44. The third-order valence-corrected chi connectivity index (χ3v) is 6.32. The average molecular weight is 457 g/mol. The first-order valence-corrected chi connectivity index (χ1v) is 9.80. The van der Waals surface area contributed by atoms with E-state index in [1.165, 1.54) is 18.2 Å². The summed E-state index contributed by atoms with van der Waals surface area (Å²) >= 11 is 11.9. The van der Waals surface area contributed by atoms with E-state index in [2.05, 4.69) is 4.98 Å². The summed E-state index contributed by atoms with van der Waals surface area (Å²) < 4.78 is 26.9. The highest BCUT2D eigenvalue weighted by Gasteiger charge is 2.29. The lowest BCUT2D eigenvalue weighted by Gasteiger charge is -2.14. The Kier molecular flexibility index (Phi) is 5.32. The Morgan fingerprint density at radius 2 is 1.76 bits per heavy atom. The van der Waals surface area contributed by atoms with Crippen molar-refractivity contribution in [2.75, 3.05) is 0 Å². The van der Waals surface area contributed by atoms with Gasteiger partial charge in [-0.2, -0.15) is 3.97 Å². The summed E-state index contributed by atoms with van der Waals surface area (Å²) in [5.41, 5.74) is -1.57. The Hall–Kier alpha value is -2.99. The lowest BCUT2D eigenvalue weighted by atomic mass is 10.2. The average Bonchev–Trinajstić information content (AvgIpc) is 2.67. The van der Waals surface area contributed by atoms with Crippen LogP contribution < -0.4 is 16.8 Å². The second-order valence-electron chi connectivity index (χ2n) is 5.56. The molecule has 0 aliphatic heterocycles. The fourth-order valence-corrected chi connectivity index (χ4v) is 4.50. The van der Waals surface area contributed by atoms with Gasteiger partial charge in [-0.05, 0) is 24.3 Å².